The smallest absolute Gasteiger partial charge is 0.344 e. The van der Waals surface area contributed by atoms with Crippen molar-refractivity contribution >= 4 is 40.2 Å². The summed E-state index contributed by atoms with van der Waals surface area (Å²) in [6, 6.07) is 7.19. The zero-order chi connectivity index (χ0) is 27.4. The summed E-state index contributed by atoms with van der Waals surface area (Å²) in [6.07, 6.45) is 4.86. The summed E-state index contributed by atoms with van der Waals surface area (Å²) in [7, 11) is -4.31. The molecule has 0 aliphatic heterocycles. The van der Waals surface area contributed by atoms with Crippen molar-refractivity contribution in [3.63, 3.8) is 0 Å². The van der Waals surface area contributed by atoms with Gasteiger partial charge < -0.3 is 15.6 Å². The third kappa shape index (κ3) is 8.93. The van der Waals surface area contributed by atoms with E-state index in [1.165, 1.54) is 18.2 Å². The third-order valence-corrected chi connectivity index (χ3v) is 6.37. The van der Waals surface area contributed by atoms with Crippen molar-refractivity contribution in [3.05, 3.63) is 59.2 Å². The van der Waals surface area contributed by atoms with Crippen molar-refractivity contribution in [1.82, 2.24) is 9.97 Å². The zero-order valence-electron chi connectivity index (χ0n) is 22.1. The Labute approximate surface area is 229 Å². The summed E-state index contributed by atoms with van der Waals surface area (Å²) in [6.45, 7) is 10.3. The Bertz CT molecular complexity index is 1360. The molecule has 4 N–H and O–H groups in total. The molecule has 0 radical (unpaired) electrons. The number of allylic oxidation sites excluding steroid dienone is 3. The Morgan fingerprint density at radius 2 is 1.89 bits per heavy atom. The van der Waals surface area contributed by atoms with Gasteiger partial charge in [-0.15, -0.1) is 16.8 Å². The normalized spacial score (nSPS) is 15.4. The molecular weight excluding hydrogens is 530 g/mol. The second kappa shape index (κ2) is 12.5. The van der Waals surface area contributed by atoms with Gasteiger partial charge in [0.25, 0.3) is 0 Å². The first-order chi connectivity index (χ1) is 17.2. The summed E-state index contributed by atoms with van der Waals surface area (Å²) in [5, 5.41) is 9.19. The van der Waals surface area contributed by atoms with Crippen LogP contribution in [-0.2, 0) is 15.0 Å². The van der Waals surface area contributed by atoms with Crippen LogP contribution in [0.2, 0.25) is 0 Å². The average molecular weight is 564 g/mol. The van der Waals surface area contributed by atoms with Gasteiger partial charge in [0.05, 0.1) is 11.4 Å². The van der Waals surface area contributed by atoms with Crippen molar-refractivity contribution in [2.75, 3.05) is 11.3 Å². The number of benzene rings is 1. The van der Waals surface area contributed by atoms with E-state index in [1.54, 1.807) is 6.07 Å². The van der Waals surface area contributed by atoms with E-state index < -0.39 is 16.2 Å². The topological polar surface area (TPSA) is 157 Å². The molecular formula is C26H34ClN5O5S. The quantitative estimate of drug-likeness (QED) is 0.405. The molecule has 12 heteroatoms. The minimum Gasteiger partial charge on any atom is -0.478 e. The number of carbonyl (C=O) groups is 1. The lowest BCUT2D eigenvalue weighted by Gasteiger charge is -2.23. The molecule has 1 aromatic carbocycles. The number of nitrogens with one attached hydrogen (secondary N) is 1. The molecule has 2 aromatic rings. The predicted molar refractivity (Wildman–Crippen MR) is 151 cm³/mol. The summed E-state index contributed by atoms with van der Waals surface area (Å²) >= 11 is 0. The molecule has 0 saturated carbocycles. The molecule has 206 valence electrons. The van der Waals surface area contributed by atoms with Crippen molar-refractivity contribution in [2.24, 2.45) is 15.5 Å². The van der Waals surface area contributed by atoms with Crippen LogP contribution < -0.4 is 15.2 Å². The molecule has 1 aliphatic carbocycles. The molecule has 3 rings (SSSR count). The van der Waals surface area contributed by atoms with Gasteiger partial charge >= 0.3 is 16.2 Å². The van der Waals surface area contributed by atoms with E-state index in [0.29, 0.717) is 5.69 Å². The van der Waals surface area contributed by atoms with Crippen LogP contribution in [-0.4, -0.2) is 47.8 Å². The van der Waals surface area contributed by atoms with Gasteiger partial charge in [0.2, 0.25) is 11.8 Å². The van der Waals surface area contributed by atoms with E-state index in [-0.39, 0.29) is 60.0 Å². The number of rotatable bonds is 9. The van der Waals surface area contributed by atoms with Gasteiger partial charge in [0.1, 0.15) is 6.61 Å². The van der Waals surface area contributed by atoms with Crippen molar-refractivity contribution in [2.45, 2.75) is 53.5 Å². The lowest BCUT2D eigenvalue weighted by molar-refractivity contribution is -0.132. The first-order valence-corrected chi connectivity index (χ1v) is 13.2. The largest absolute Gasteiger partial charge is 0.478 e. The van der Waals surface area contributed by atoms with Crippen LogP contribution in [0, 0.1) is 19.3 Å². The molecule has 1 atom stereocenters. The van der Waals surface area contributed by atoms with E-state index in [9.17, 15) is 18.3 Å². The summed E-state index contributed by atoms with van der Waals surface area (Å²) in [4.78, 5) is 19.9. The van der Waals surface area contributed by atoms with Gasteiger partial charge in [0, 0.05) is 29.7 Å². The maximum absolute atomic E-state index is 12.8. The molecule has 0 amide bonds. The minimum absolute atomic E-state index is 0. The van der Waals surface area contributed by atoms with Gasteiger partial charge in [-0.1, -0.05) is 51.1 Å². The highest BCUT2D eigenvalue weighted by Gasteiger charge is 2.20. The molecule has 1 aromatic heterocycles. The van der Waals surface area contributed by atoms with E-state index in [4.69, 9.17) is 10.5 Å². The first-order valence-electron chi connectivity index (χ1n) is 11.8. The number of nitrogens with two attached hydrogens (primary N) is 1. The van der Waals surface area contributed by atoms with Crippen molar-refractivity contribution in [3.8, 4) is 17.1 Å². The Kier molecular flexibility index (Phi) is 10.2. The number of aromatic nitrogens is 2. The fraction of sp³-hybridized carbons (Fsp3) is 0.385. The minimum atomic E-state index is -4.31. The maximum atomic E-state index is 12.8. The first kappa shape index (κ1) is 30.9. The summed E-state index contributed by atoms with van der Waals surface area (Å²) in [5.74, 6) is -1.20. The molecule has 0 fully saturated rings. The van der Waals surface area contributed by atoms with Gasteiger partial charge in [-0.05, 0) is 42.9 Å². The van der Waals surface area contributed by atoms with Crippen LogP contribution in [0.15, 0.2) is 52.5 Å². The zero-order valence-corrected chi connectivity index (χ0v) is 23.7. The van der Waals surface area contributed by atoms with Crippen molar-refractivity contribution in [1.29, 1.82) is 0 Å². The second-order valence-electron chi connectivity index (χ2n) is 10.2. The molecule has 38 heavy (non-hydrogen) atoms. The standard InChI is InChI=1S/C26H33N5O5S.ClH/c1-16-8-6-9-17(2)23(16)21-13-22(36-15-19(27)14-26(3,4)5)29-25(28-21)31-37(34,35)30-20-11-7-10-18(12-20)24(32)33;/h6-11,13,19H,12,14-15,27H2,1-5H3,(H,32,33)(H,28,29,31);1H/t19-;/m1./s1. The number of carboxylic acids is 1. The number of nitrogens with zero attached hydrogens (tertiary/aromatic N) is 3. The number of anilines is 1. The number of ether oxygens (including phenoxy) is 1. The fourth-order valence-corrected chi connectivity index (χ4v) is 4.82. The van der Waals surface area contributed by atoms with E-state index >= 15 is 0 Å². The Hall–Kier alpha value is -3.28. The molecule has 0 unspecified atom stereocenters. The van der Waals surface area contributed by atoms with Gasteiger partial charge in [0.15, 0.2) is 0 Å². The molecule has 1 aliphatic rings. The highest BCUT2D eigenvalue weighted by molar-refractivity contribution is 7.91. The van der Waals surface area contributed by atoms with E-state index in [1.807, 2.05) is 32.0 Å². The number of hydrogen-bond donors (Lipinski definition) is 3. The Morgan fingerprint density at radius 1 is 1.24 bits per heavy atom. The highest BCUT2D eigenvalue weighted by Crippen LogP contribution is 2.29. The third-order valence-electron chi connectivity index (χ3n) is 5.45. The fourth-order valence-electron chi connectivity index (χ4n) is 4.02. The monoisotopic (exact) mass is 563 g/mol. The summed E-state index contributed by atoms with van der Waals surface area (Å²) < 4.78 is 37.5. The van der Waals surface area contributed by atoms with Gasteiger partial charge in [-0.3, -0.25) is 0 Å². The average Bonchev–Trinajstić information content (AvgIpc) is 2.76. The second-order valence-corrected chi connectivity index (χ2v) is 11.5. The highest BCUT2D eigenvalue weighted by atomic mass is 35.5. The number of halogens is 1. The Balaban J connectivity index is 0.00000507. The molecule has 1 heterocycles. The van der Waals surface area contributed by atoms with Crippen molar-refractivity contribution < 1.29 is 23.1 Å². The Morgan fingerprint density at radius 3 is 2.50 bits per heavy atom. The van der Waals surface area contributed by atoms with Gasteiger partial charge in [-0.25, -0.2) is 14.5 Å². The number of carboxylic acid groups (broad SMARTS) is 1. The van der Waals surface area contributed by atoms with Crippen LogP contribution >= 0.6 is 12.4 Å². The maximum Gasteiger partial charge on any atom is 0.344 e. The number of hydrogen-bond acceptors (Lipinski definition) is 7. The molecule has 0 bridgehead atoms. The van der Waals surface area contributed by atoms with Crippen LogP contribution in [0.1, 0.15) is 44.7 Å². The van der Waals surface area contributed by atoms with Gasteiger partial charge in [-0.2, -0.15) is 13.4 Å². The van der Waals surface area contributed by atoms with Crippen LogP contribution in [0.5, 0.6) is 5.88 Å². The lowest BCUT2D eigenvalue weighted by atomic mass is 9.89. The number of aryl methyl sites for hydroxylation is 2. The van der Waals surface area contributed by atoms with Crippen LogP contribution in [0.4, 0.5) is 5.95 Å². The SMILES string of the molecule is Cc1cccc(C)c1-c1cc(OC[C@H](N)CC(C)(C)C)nc(NS(=O)(=O)N=C2C=CC=C(C(=O)O)C2)n1.Cl. The number of aliphatic carboxylic acids is 1. The molecule has 10 nitrogen and oxygen atoms in total. The van der Waals surface area contributed by atoms with Crippen LogP contribution in [0.3, 0.4) is 0 Å². The predicted octanol–water partition coefficient (Wildman–Crippen LogP) is 4.39. The van der Waals surface area contributed by atoms with Crippen LogP contribution in [0.25, 0.3) is 11.3 Å². The van der Waals surface area contributed by atoms with E-state index in [0.717, 1.165) is 23.1 Å². The lowest BCUT2D eigenvalue weighted by Crippen LogP contribution is -2.32. The van der Waals surface area contributed by atoms with E-state index in [2.05, 4.69) is 39.9 Å². The molecule has 0 saturated heterocycles. The molecule has 0 spiro atoms. The summed E-state index contributed by atoms with van der Waals surface area (Å²) in [5.41, 5.74) is 9.55.